The predicted molar refractivity (Wildman–Crippen MR) is 175 cm³/mol. The van der Waals surface area contributed by atoms with Gasteiger partial charge >= 0.3 is 0 Å². The molecule has 3 aliphatic heterocycles. The number of methoxy groups -OCH3 is 1. The average Bonchev–Trinajstić information content (AvgIpc) is 3.81. The van der Waals surface area contributed by atoms with Crippen molar-refractivity contribution < 1.29 is 14.3 Å². The van der Waals surface area contributed by atoms with Crippen molar-refractivity contribution in [1.29, 1.82) is 0 Å². The average molecular weight is 619 g/mol. The standard InChI is InChI=1S/C35H38N8O3/c1-19-25-12-10-20-16-29(42(32(20)39-25)14-5-4-7-22-8-6-9-26(38-22)34(44)37-19)33-40-27-15-21(17-30(46-3)31(27)41(33)2)35(45)43-23-11-13-28(43)24(36)18-23/h6,8-10,12,15-17,19,23-24,28H,4-5,7,11,13-14,18,36H2,1-3H3,(H,37,44)/t19-,23+,24-,28-/m1/s1. The van der Waals surface area contributed by atoms with Gasteiger partial charge in [-0.2, -0.15) is 0 Å². The molecule has 236 valence electrons. The smallest absolute Gasteiger partial charge is 0.270 e. The van der Waals surface area contributed by atoms with E-state index in [1.54, 1.807) is 13.2 Å². The number of nitrogens with zero attached hydrogens (tertiary/aromatic N) is 6. The van der Waals surface area contributed by atoms with E-state index >= 15 is 0 Å². The molecule has 11 nitrogen and oxygen atoms in total. The summed E-state index contributed by atoms with van der Waals surface area (Å²) in [7, 11) is 3.62. The highest BCUT2D eigenvalue weighted by Gasteiger charge is 2.47. The zero-order valence-electron chi connectivity index (χ0n) is 26.4. The molecule has 2 saturated heterocycles. The number of aryl methyl sites for hydroxylation is 3. The van der Waals surface area contributed by atoms with Crippen molar-refractivity contribution in [1.82, 2.24) is 34.3 Å². The number of fused-ring (bicyclic) bond motifs is 6. The van der Waals surface area contributed by atoms with Crippen molar-refractivity contribution >= 4 is 33.9 Å². The fraction of sp³-hybridized carbons (Fsp3) is 0.400. The summed E-state index contributed by atoms with van der Waals surface area (Å²) >= 11 is 0. The highest BCUT2D eigenvalue weighted by atomic mass is 16.5. The SMILES string of the molecule is COc1cc(C(=O)N2[C@H]3CC[C@@H]2[C@H](N)C3)cc2nc(-c3cc4ccc5nc4n3CCCCc3cccc(n3)C(=O)N[C@@H]5C)n(C)c12. The lowest BCUT2D eigenvalue weighted by Gasteiger charge is -2.23. The van der Waals surface area contributed by atoms with Gasteiger partial charge in [0.15, 0.2) is 5.82 Å². The molecule has 3 N–H and O–H groups in total. The summed E-state index contributed by atoms with van der Waals surface area (Å²) in [6, 6.07) is 15.5. The van der Waals surface area contributed by atoms with E-state index in [1.165, 1.54) is 0 Å². The van der Waals surface area contributed by atoms with E-state index in [-0.39, 0.29) is 36.0 Å². The van der Waals surface area contributed by atoms with Gasteiger partial charge < -0.3 is 29.8 Å². The number of hydrogen-bond donors (Lipinski definition) is 2. The first-order chi connectivity index (χ1) is 22.3. The van der Waals surface area contributed by atoms with Crippen LogP contribution >= 0.6 is 0 Å². The van der Waals surface area contributed by atoms with Crippen LogP contribution in [0.3, 0.4) is 0 Å². The Hall–Kier alpha value is -4.77. The number of aromatic nitrogens is 5. The number of rotatable bonds is 3. The number of carbonyl (C=O) groups excluding carboxylic acids is 2. The minimum Gasteiger partial charge on any atom is -0.494 e. The van der Waals surface area contributed by atoms with Crippen LogP contribution < -0.4 is 15.8 Å². The Morgan fingerprint density at radius 1 is 1.07 bits per heavy atom. The van der Waals surface area contributed by atoms with E-state index in [4.69, 9.17) is 20.4 Å². The molecule has 2 amide bonds. The van der Waals surface area contributed by atoms with Gasteiger partial charge in [-0.1, -0.05) is 6.07 Å². The number of imidazole rings is 1. The Morgan fingerprint density at radius 2 is 1.93 bits per heavy atom. The largest absolute Gasteiger partial charge is 0.494 e. The zero-order valence-corrected chi connectivity index (χ0v) is 26.4. The minimum absolute atomic E-state index is 0.00640. The van der Waals surface area contributed by atoms with Gasteiger partial charge in [-0.3, -0.25) is 9.59 Å². The molecule has 7 heterocycles. The van der Waals surface area contributed by atoms with Crippen LogP contribution in [0.25, 0.3) is 33.6 Å². The molecule has 8 rings (SSSR count). The molecule has 0 aliphatic carbocycles. The van der Waals surface area contributed by atoms with Crippen molar-refractivity contribution in [2.24, 2.45) is 12.8 Å². The van der Waals surface area contributed by atoms with Crippen LogP contribution in [0.15, 0.2) is 48.5 Å². The van der Waals surface area contributed by atoms with Crippen molar-refractivity contribution in [3.63, 3.8) is 0 Å². The van der Waals surface area contributed by atoms with Gasteiger partial charge in [0.2, 0.25) is 0 Å². The van der Waals surface area contributed by atoms with Crippen molar-refractivity contribution in [3.8, 4) is 17.3 Å². The van der Waals surface area contributed by atoms with Crippen LogP contribution in [0.5, 0.6) is 5.75 Å². The van der Waals surface area contributed by atoms with Crippen LogP contribution in [-0.4, -0.2) is 66.0 Å². The van der Waals surface area contributed by atoms with Gasteiger partial charge in [0.1, 0.15) is 22.6 Å². The second-order valence-electron chi connectivity index (χ2n) is 12.9. The highest BCUT2D eigenvalue weighted by Crippen LogP contribution is 2.40. The molecule has 4 atom stereocenters. The maximum atomic E-state index is 13.8. The number of pyridine rings is 2. The van der Waals surface area contributed by atoms with Crippen molar-refractivity contribution in [3.05, 3.63) is 71.2 Å². The van der Waals surface area contributed by atoms with Crippen LogP contribution in [0, 0.1) is 0 Å². The van der Waals surface area contributed by atoms with Crippen LogP contribution in [0.2, 0.25) is 0 Å². The fourth-order valence-electron chi connectivity index (χ4n) is 7.78. The Bertz CT molecular complexity index is 2030. The van der Waals surface area contributed by atoms with Gasteiger partial charge in [-0.15, -0.1) is 0 Å². The summed E-state index contributed by atoms with van der Waals surface area (Å²) in [6.45, 7) is 2.67. The van der Waals surface area contributed by atoms with Gasteiger partial charge in [-0.05, 0) is 87.9 Å². The Balaban J connectivity index is 1.22. The van der Waals surface area contributed by atoms with Gasteiger partial charge in [0.25, 0.3) is 11.8 Å². The van der Waals surface area contributed by atoms with Gasteiger partial charge in [-0.25, -0.2) is 15.0 Å². The van der Waals surface area contributed by atoms with E-state index in [9.17, 15) is 9.59 Å². The Morgan fingerprint density at radius 3 is 2.72 bits per heavy atom. The summed E-state index contributed by atoms with van der Waals surface area (Å²) in [5.74, 6) is 1.15. The van der Waals surface area contributed by atoms with Crippen molar-refractivity contribution in [2.45, 2.75) is 76.2 Å². The maximum absolute atomic E-state index is 13.8. The number of nitrogens with one attached hydrogen (secondary N) is 1. The maximum Gasteiger partial charge on any atom is 0.270 e. The summed E-state index contributed by atoms with van der Waals surface area (Å²) in [5.41, 5.74) is 12.3. The molecule has 0 radical (unpaired) electrons. The summed E-state index contributed by atoms with van der Waals surface area (Å²) in [6.07, 6.45) is 5.39. The van der Waals surface area contributed by atoms with E-state index in [1.807, 2.05) is 53.8 Å². The molecule has 2 fully saturated rings. The quantitative estimate of drug-likeness (QED) is 0.304. The molecule has 4 aromatic heterocycles. The third kappa shape index (κ3) is 4.55. The van der Waals surface area contributed by atoms with Gasteiger partial charge in [0.05, 0.1) is 30.1 Å². The lowest BCUT2D eigenvalue weighted by atomic mass is 9.97. The lowest BCUT2D eigenvalue weighted by Crippen LogP contribution is -2.40. The normalized spacial score (nSPS) is 22.9. The third-order valence-corrected chi connectivity index (χ3v) is 10.1. The first-order valence-corrected chi connectivity index (χ1v) is 16.2. The lowest BCUT2D eigenvalue weighted by molar-refractivity contribution is 0.0726. The van der Waals surface area contributed by atoms with E-state index < -0.39 is 0 Å². The van der Waals surface area contributed by atoms with Gasteiger partial charge in [0, 0.05) is 48.4 Å². The van der Waals surface area contributed by atoms with Crippen LogP contribution in [-0.2, 0) is 20.0 Å². The molecule has 0 spiro atoms. The molecule has 0 unspecified atom stereocenters. The number of amides is 2. The molecule has 6 bridgehead atoms. The summed E-state index contributed by atoms with van der Waals surface area (Å²) in [5, 5.41) is 4.06. The monoisotopic (exact) mass is 618 g/mol. The second kappa shape index (κ2) is 10.9. The topological polar surface area (TPSA) is 133 Å². The Labute approximate surface area is 266 Å². The number of benzene rings is 1. The van der Waals surface area contributed by atoms with Crippen LogP contribution in [0.4, 0.5) is 0 Å². The zero-order chi connectivity index (χ0) is 31.7. The third-order valence-electron chi connectivity index (χ3n) is 10.1. The molecule has 11 heteroatoms. The number of hydrogen-bond acceptors (Lipinski definition) is 7. The first kappa shape index (κ1) is 28.7. The predicted octanol–water partition coefficient (Wildman–Crippen LogP) is 4.53. The highest BCUT2D eigenvalue weighted by molar-refractivity contribution is 6.01. The fourth-order valence-corrected chi connectivity index (χ4v) is 7.78. The number of ether oxygens (including phenoxy) is 1. The van der Waals surface area contributed by atoms with E-state index in [0.29, 0.717) is 22.5 Å². The summed E-state index contributed by atoms with van der Waals surface area (Å²) in [4.78, 5) is 43.6. The number of carbonyl (C=O) groups is 2. The minimum atomic E-state index is -0.312. The second-order valence-corrected chi connectivity index (χ2v) is 12.9. The van der Waals surface area contributed by atoms with E-state index in [0.717, 1.165) is 84.5 Å². The molecule has 3 aliphatic rings. The first-order valence-electron chi connectivity index (χ1n) is 16.2. The molecule has 5 aromatic rings. The summed E-state index contributed by atoms with van der Waals surface area (Å²) < 4.78 is 10.1. The van der Waals surface area contributed by atoms with Crippen LogP contribution in [0.1, 0.15) is 77.3 Å². The molecular formula is C35H38N8O3. The molecule has 0 saturated carbocycles. The molecule has 1 aromatic carbocycles. The number of nitrogens with two attached hydrogens (primary N) is 1. The molecular weight excluding hydrogens is 580 g/mol. The Kier molecular flexibility index (Phi) is 6.82. The van der Waals surface area contributed by atoms with E-state index in [2.05, 4.69) is 27.0 Å². The molecule has 46 heavy (non-hydrogen) atoms. The van der Waals surface area contributed by atoms with Crippen molar-refractivity contribution in [2.75, 3.05) is 7.11 Å².